The summed E-state index contributed by atoms with van der Waals surface area (Å²) in [5.74, 6) is 0.277. The highest BCUT2D eigenvalue weighted by atomic mass is 19.1. The van der Waals surface area contributed by atoms with Crippen LogP contribution in [0.1, 0.15) is 54.1 Å². The Bertz CT molecular complexity index is 836. The number of ether oxygens (including phenoxy) is 1. The molecule has 1 saturated heterocycles. The zero-order chi connectivity index (χ0) is 19.7. The lowest BCUT2D eigenvalue weighted by molar-refractivity contribution is -0.115. The summed E-state index contributed by atoms with van der Waals surface area (Å²) in [5.41, 5.74) is 0.741. The lowest BCUT2D eigenvalue weighted by atomic mass is 9.66. The van der Waals surface area contributed by atoms with E-state index in [-0.39, 0.29) is 23.7 Å². The maximum atomic E-state index is 13.3. The molecule has 1 amide bonds. The fraction of sp³-hybridized carbons (Fsp3) is 0.435. The molecule has 1 saturated carbocycles. The highest BCUT2D eigenvalue weighted by Crippen LogP contribution is 2.49. The Labute approximate surface area is 164 Å². The van der Waals surface area contributed by atoms with Gasteiger partial charge in [-0.1, -0.05) is 25.0 Å². The molecule has 2 aromatic carbocycles. The summed E-state index contributed by atoms with van der Waals surface area (Å²) in [6, 6.07) is 13.2. The van der Waals surface area contributed by atoms with Gasteiger partial charge in [-0.2, -0.15) is 0 Å². The minimum atomic E-state index is -0.734. The summed E-state index contributed by atoms with van der Waals surface area (Å²) in [6.07, 6.45) is 4.33. The molecule has 4 nitrogen and oxygen atoms in total. The number of aliphatic hydroxyl groups is 1. The Hall–Kier alpha value is -2.40. The molecule has 2 fully saturated rings. The number of methoxy groups -OCH3 is 1. The van der Waals surface area contributed by atoms with E-state index in [9.17, 15) is 14.3 Å². The molecule has 4 rings (SSSR count). The first kappa shape index (κ1) is 18.9. The third-order valence-electron chi connectivity index (χ3n) is 6.38. The van der Waals surface area contributed by atoms with Crippen LogP contribution in [0.3, 0.4) is 0 Å². The van der Waals surface area contributed by atoms with Gasteiger partial charge in [-0.05, 0) is 61.2 Å². The SMILES string of the molecule is COc1ccc([C@@H]2[C@H]3CCCC[C@]3(O)CCN2C(=O)c2ccc(F)cc2)cc1. The van der Waals surface area contributed by atoms with Crippen LogP contribution < -0.4 is 4.74 Å². The fourth-order valence-electron chi connectivity index (χ4n) is 4.88. The number of hydrogen-bond acceptors (Lipinski definition) is 3. The van der Waals surface area contributed by atoms with Crippen LogP contribution in [0.5, 0.6) is 5.75 Å². The van der Waals surface area contributed by atoms with Crippen LogP contribution in [0.4, 0.5) is 4.39 Å². The molecule has 148 valence electrons. The van der Waals surface area contributed by atoms with E-state index < -0.39 is 5.60 Å². The number of fused-ring (bicyclic) bond motifs is 1. The molecule has 1 aliphatic carbocycles. The first-order valence-electron chi connectivity index (χ1n) is 9.95. The predicted molar refractivity (Wildman–Crippen MR) is 105 cm³/mol. The van der Waals surface area contributed by atoms with Crippen molar-refractivity contribution in [3.63, 3.8) is 0 Å². The van der Waals surface area contributed by atoms with Crippen molar-refractivity contribution >= 4 is 5.91 Å². The van der Waals surface area contributed by atoms with E-state index in [2.05, 4.69) is 0 Å². The average Bonchev–Trinajstić information content (AvgIpc) is 2.73. The number of carbonyl (C=O) groups excluding carboxylic acids is 1. The lowest BCUT2D eigenvalue weighted by Gasteiger charge is -2.52. The Morgan fingerprint density at radius 1 is 1.11 bits per heavy atom. The molecule has 1 heterocycles. The van der Waals surface area contributed by atoms with Crippen LogP contribution in [0.15, 0.2) is 48.5 Å². The van der Waals surface area contributed by atoms with Crippen LogP contribution in [0, 0.1) is 11.7 Å². The maximum Gasteiger partial charge on any atom is 0.254 e. The normalized spacial score (nSPS) is 27.2. The summed E-state index contributed by atoms with van der Waals surface area (Å²) < 4.78 is 18.6. The molecule has 0 unspecified atom stereocenters. The molecule has 0 spiro atoms. The van der Waals surface area contributed by atoms with Crippen LogP contribution >= 0.6 is 0 Å². The first-order chi connectivity index (χ1) is 13.5. The Balaban J connectivity index is 1.72. The van der Waals surface area contributed by atoms with E-state index >= 15 is 0 Å². The molecule has 0 radical (unpaired) electrons. The molecular formula is C23H26FNO3. The highest BCUT2D eigenvalue weighted by Gasteiger charge is 2.50. The van der Waals surface area contributed by atoms with Gasteiger partial charge >= 0.3 is 0 Å². The molecule has 1 N–H and O–H groups in total. The number of hydrogen-bond donors (Lipinski definition) is 1. The van der Waals surface area contributed by atoms with Crippen LogP contribution in [-0.2, 0) is 0 Å². The van der Waals surface area contributed by atoms with Gasteiger partial charge in [0.05, 0.1) is 18.8 Å². The summed E-state index contributed by atoms with van der Waals surface area (Å²) in [5, 5.41) is 11.3. The quantitative estimate of drug-likeness (QED) is 0.858. The monoisotopic (exact) mass is 383 g/mol. The van der Waals surface area contributed by atoms with Gasteiger partial charge in [0.2, 0.25) is 0 Å². The molecule has 3 atom stereocenters. The number of carbonyl (C=O) groups is 1. The molecule has 0 bridgehead atoms. The van der Waals surface area contributed by atoms with E-state index in [0.717, 1.165) is 37.0 Å². The van der Waals surface area contributed by atoms with Gasteiger partial charge in [-0.3, -0.25) is 4.79 Å². The second kappa shape index (κ2) is 7.55. The third kappa shape index (κ3) is 3.39. The zero-order valence-electron chi connectivity index (χ0n) is 16.1. The van der Waals surface area contributed by atoms with Gasteiger partial charge in [-0.15, -0.1) is 0 Å². The first-order valence-corrected chi connectivity index (χ1v) is 9.95. The lowest BCUT2D eigenvalue weighted by Crippen LogP contribution is -2.56. The van der Waals surface area contributed by atoms with Crippen molar-refractivity contribution < 1.29 is 19.0 Å². The molecule has 1 aliphatic heterocycles. The standard InChI is InChI=1S/C23H26FNO3/c1-28-19-11-7-16(8-12-19)21-20-4-2-3-13-23(20,27)14-15-25(21)22(26)17-5-9-18(24)10-6-17/h5-12,20-21,27H,2-4,13-15H2,1H3/t20-,21-,23+/m1/s1. The van der Waals surface area contributed by atoms with Crippen molar-refractivity contribution in [2.75, 3.05) is 13.7 Å². The number of likely N-dealkylation sites (tertiary alicyclic amines) is 1. The molecule has 28 heavy (non-hydrogen) atoms. The van der Waals surface area contributed by atoms with E-state index in [1.54, 1.807) is 7.11 Å². The molecule has 2 aromatic rings. The molecule has 5 heteroatoms. The zero-order valence-corrected chi connectivity index (χ0v) is 16.1. The van der Waals surface area contributed by atoms with Gasteiger partial charge in [0.1, 0.15) is 11.6 Å². The second-order valence-electron chi connectivity index (χ2n) is 7.93. The largest absolute Gasteiger partial charge is 0.497 e. The van der Waals surface area contributed by atoms with Crippen LogP contribution in [-0.4, -0.2) is 35.2 Å². The van der Waals surface area contributed by atoms with Crippen molar-refractivity contribution in [1.29, 1.82) is 0 Å². The maximum absolute atomic E-state index is 13.3. The fourth-order valence-corrected chi connectivity index (χ4v) is 4.88. The Morgan fingerprint density at radius 2 is 1.82 bits per heavy atom. The number of nitrogens with zero attached hydrogens (tertiary/aromatic N) is 1. The van der Waals surface area contributed by atoms with E-state index in [1.807, 2.05) is 29.2 Å². The smallest absolute Gasteiger partial charge is 0.254 e. The third-order valence-corrected chi connectivity index (χ3v) is 6.38. The predicted octanol–water partition coefficient (Wildman–Crippen LogP) is 4.34. The highest BCUT2D eigenvalue weighted by molar-refractivity contribution is 5.94. The molecule has 0 aromatic heterocycles. The summed E-state index contributed by atoms with van der Waals surface area (Å²) >= 11 is 0. The van der Waals surface area contributed by atoms with E-state index in [1.165, 1.54) is 24.3 Å². The van der Waals surface area contributed by atoms with Gasteiger partial charge in [0, 0.05) is 18.0 Å². The number of rotatable bonds is 3. The summed E-state index contributed by atoms with van der Waals surface area (Å²) in [6.45, 7) is 0.486. The van der Waals surface area contributed by atoms with Gasteiger partial charge in [0.25, 0.3) is 5.91 Å². The van der Waals surface area contributed by atoms with Crippen molar-refractivity contribution in [1.82, 2.24) is 4.90 Å². The van der Waals surface area contributed by atoms with Gasteiger partial charge in [-0.25, -0.2) is 4.39 Å². The molecular weight excluding hydrogens is 357 g/mol. The van der Waals surface area contributed by atoms with Gasteiger partial charge in [0.15, 0.2) is 0 Å². The Kier molecular flexibility index (Phi) is 5.11. The van der Waals surface area contributed by atoms with Crippen molar-refractivity contribution in [3.8, 4) is 5.75 Å². The van der Waals surface area contributed by atoms with Crippen LogP contribution in [0.2, 0.25) is 0 Å². The van der Waals surface area contributed by atoms with Crippen molar-refractivity contribution in [2.24, 2.45) is 5.92 Å². The Morgan fingerprint density at radius 3 is 2.50 bits per heavy atom. The number of piperidine rings is 1. The van der Waals surface area contributed by atoms with Crippen molar-refractivity contribution in [2.45, 2.75) is 43.7 Å². The summed E-state index contributed by atoms with van der Waals surface area (Å²) in [7, 11) is 1.62. The minimum absolute atomic E-state index is 0.00667. The molecule has 2 aliphatic rings. The van der Waals surface area contributed by atoms with Crippen LogP contribution in [0.25, 0.3) is 0 Å². The minimum Gasteiger partial charge on any atom is -0.497 e. The number of benzene rings is 2. The van der Waals surface area contributed by atoms with E-state index in [4.69, 9.17) is 4.74 Å². The summed E-state index contributed by atoms with van der Waals surface area (Å²) in [4.78, 5) is 15.2. The average molecular weight is 383 g/mol. The topological polar surface area (TPSA) is 49.8 Å². The number of amides is 1. The number of halogens is 1. The van der Waals surface area contributed by atoms with Gasteiger partial charge < -0.3 is 14.7 Å². The van der Waals surface area contributed by atoms with Crippen molar-refractivity contribution in [3.05, 3.63) is 65.5 Å². The van der Waals surface area contributed by atoms with E-state index in [0.29, 0.717) is 18.5 Å². The second-order valence-corrected chi connectivity index (χ2v) is 7.93.